The van der Waals surface area contributed by atoms with Crippen LogP contribution in [0.25, 0.3) is 11.0 Å². The first kappa shape index (κ1) is 21.1. The van der Waals surface area contributed by atoms with E-state index in [0.29, 0.717) is 23.9 Å². The molecule has 0 unspecified atom stereocenters. The van der Waals surface area contributed by atoms with Gasteiger partial charge in [-0.2, -0.15) is 4.98 Å². The molecule has 160 valence electrons. The lowest BCUT2D eigenvalue weighted by molar-refractivity contribution is -0.116. The predicted octanol–water partition coefficient (Wildman–Crippen LogP) is 5.04. The minimum Gasteiger partial charge on any atom is -0.339 e. The topological polar surface area (TPSA) is 96.7 Å². The van der Waals surface area contributed by atoms with Gasteiger partial charge >= 0.3 is 0 Å². The van der Waals surface area contributed by atoms with E-state index in [-0.39, 0.29) is 12.3 Å². The predicted molar refractivity (Wildman–Crippen MR) is 122 cm³/mol. The van der Waals surface area contributed by atoms with Crippen molar-refractivity contribution in [3.8, 4) is 0 Å². The highest BCUT2D eigenvalue weighted by atomic mass is 32.2. The summed E-state index contributed by atoms with van der Waals surface area (Å²) in [6.45, 7) is 8.15. The molecule has 4 aromatic rings. The second-order valence-electron chi connectivity index (χ2n) is 7.76. The lowest BCUT2D eigenvalue weighted by atomic mass is 10.1. The molecular formula is C23H25N5O2S. The van der Waals surface area contributed by atoms with Crippen LogP contribution in [0.2, 0.25) is 0 Å². The Kier molecular flexibility index (Phi) is 6.08. The first-order chi connectivity index (χ1) is 14.9. The van der Waals surface area contributed by atoms with Gasteiger partial charge in [0, 0.05) is 18.5 Å². The number of anilines is 1. The fourth-order valence-electron chi connectivity index (χ4n) is 3.20. The number of nitrogens with zero attached hydrogens (tertiary/aromatic N) is 3. The van der Waals surface area contributed by atoms with E-state index >= 15 is 0 Å². The fraction of sp³-hybridized carbons (Fsp3) is 0.304. The normalized spacial score (nSPS) is 11.2. The van der Waals surface area contributed by atoms with Crippen LogP contribution in [0.5, 0.6) is 0 Å². The number of thioether (sulfide) groups is 1. The van der Waals surface area contributed by atoms with Gasteiger partial charge in [0.1, 0.15) is 0 Å². The number of hydrogen-bond acceptors (Lipinski definition) is 6. The Hall–Kier alpha value is -3.13. The van der Waals surface area contributed by atoms with Crippen LogP contribution in [0.1, 0.15) is 40.4 Å². The van der Waals surface area contributed by atoms with Crippen molar-refractivity contribution in [2.45, 2.75) is 51.4 Å². The summed E-state index contributed by atoms with van der Waals surface area (Å²) in [5, 5.41) is 7.79. The average Bonchev–Trinajstić information content (AvgIpc) is 3.34. The number of imidazole rings is 1. The number of aromatic nitrogens is 4. The van der Waals surface area contributed by atoms with Crippen LogP contribution in [0.15, 0.2) is 40.0 Å². The highest BCUT2D eigenvalue weighted by Gasteiger charge is 2.12. The van der Waals surface area contributed by atoms with Crippen molar-refractivity contribution in [3.05, 3.63) is 64.3 Å². The molecule has 0 spiro atoms. The zero-order valence-electron chi connectivity index (χ0n) is 18.1. The maximum absolute atomic E-state index is 12.3. The number of carbonyl (C=O) groups is 1. The number of benzene rings is 2. The Morgan fingerprint density at radius 1 is 1.06 bits per heavy atom. The van der Waals surface area contributed by atoms with Gasteiger partial charge < -0.3 is 14.8 Å². The van der Waals surface area contributed by atoms with Crippen molar-refractivity contribution >= 4 is 34.4 Å². The molecule has 7 nitrogen and oxygen atoms in total. The van der Waals surface area contributed by atoms with Gasteiger partial charge in [-0.25, -0.2) is 4.98 Å². The second kappa shape index (κ2) is 8.93. The van der Waals surface area contributed by atoms with E-state index in [1.54, 1.807) is 0 Å². The molecule has 0 atom stereocenters. The summed E-state index contributed by atoms with van der Waals surface area (Å²) in [4.78, 5) is 24.6. The molecule has 0 bridgehead atoms. The van der Waals surface area contributed by atoms with E-state index in [1.165, 1.54) is 22.9 Å². The fourth-order valence-corrected chi connectivity index (χ4v) is 3.93. The van der Waals surface area contributed by atoms with Crippen LogP contribution in [-0.4, -0.2) is 26.0 Å². The Morgan fingerprint density at radius 2 is 1.87 bits per heavy atom. The van der Waals surface area contributed by atoms with Crippen LogP contribution in [0.3, 0.4) is 0 Å². The van der Waals surface area contributed by atoms with Gasteiger partial charge in [-0.15, -0.1) is 0 Å². The molecule has 8 heteroatoms. The number of fused-ring (bicyclic) bond motifs is 1. The number of hydrogen-bond donors (Lipinski definition) is 2. The SMILES string of the molecule is Cc1ccc(C)c(NC(=O)CCc2nc(CSc3nc4cc(C)c(C)cc4[nH]3)no2)c1. The molecule has 1 amide bonds. The summed E-state index contributed by atoms with van der Waals surface area (Å²) in [6, 6.07) is 10.2. The highest BCUT2D eigenvalue weighted by Crippen LogP contribution is 2.24. The third-order valence-corrected chi connectivity index (χ3v) is 6.03. The molecular weight excluding hydrogens is 410 g/mol. The minimum atomic E-state index is -0.0734. The Morgan fingerprint density at radius 3 is 2.71 bits per heavy atom. The Bertz CT molecular complexity index is 1210. The van der Waals surface area contributed by atoms with Gasteiger partial charge in [-0.3, -0.25) is 4.79 Å². The van der Waals surface area contributed by atoms with Crippen LogP contribution >= 0.6 is 11.8 Å². The molecule has 2 aromatic carbocycles. The van der Waals surface area contributed by atoms with Crippen LogP contribution in [0, 0.1) is 27.7 Å². The smallest absolute Gasteiger partial charge is 0.227 e. The van der Waals surface area contributed by atoms with Crippen LogP contribution in [0.4, 0.5) is 5.69 Å². The van der Waals surface area contributed by atoms with Gasteiger partial charge in [0.25, 0.3) is 0 Å². The van der Waals surface area contributed by atoms with Crippen molar-refractivity contribution in [3.63, 3.8) is 0 Å². The highest BCUT2D eigenvalue weighted by molar-refractivity contribution is 7.98. The second-order valence-corrected chi connectivity index (χ2v) is 8.72. The van der Waals surface area contributed by atoms with E-state index in [4.69, 9.17) is 4.52 Å². The standard InChI is InChI=1S/C23H25N5O2S/c1-13-5-6-14(2)17(9-13)24-21(29)7-8-22-27-20(28-30-22)12-31-23-25-18-10-15(3)16(4)11-19(18)26-23/h5-6,9-11H,7-8,12H2,1-4H3,(H,24,29)(H,25,26). The zero-order chi connectivity index (χ0) is 22.0. The van der Waals surface area contributed by atoms with Gasteiger partial charge in [-0.1, -0.05) is 29.1 Å². The molecule has 0 saturated carbocycles. The van der Waals surface area contributed by atoms with Crippen LogP contribution in [-0.2, 0) is 17.0 Å². The summed E-state index contributed by atoms with van der Waals surface area (Å²) in [5.74, 6) is 1.51. The van der Waals surface area contributed by atoms with E-state index in [9.17, 15) is 4.79 Å². The van der Waals surface area contributed by atoms with Crippen molar-refractivity contribution < 1.29 is 9.32 Å². The lowest BCUT2D eigenvalue weighted by Crippen LogP contribution is -2.13. The number of amides is 1. The molecule has 0 saturated heterocycles. The van der Waals surface area contributed by atoms with Gasteiger partial charge in [0.15, 0.2) is 11.0 Å². The van der Waals surface area contributed by atoms with Crippen LogP contribution < -0.4 is 5.32 Å². The minimum absolute atomic E-state index is 0.0734. The maximum Gasteiger partial charge on any atom is 0.227 e. The average molecular weight is 436 g/mol. The number of carbonyl (C=O) groups excluding carboxylic acids is 1. The monoisotopic (exact) mass is 435 g/mol. The summed E-state index contributed by atoms with van der Waals surface area (Å²) in [5.41, 5.74) is 7.41. The van der Waals surface area contributed by atoms with Crippen molar-refractivity contribution in [2.75, 3.05) is 5.32 Å². The number of rotatable bonds is 7. The quantitative estimate of drug-likeness (QED) is 0.395. The van der Waals surface area contributed by atoms with Crippen molar-refractivity contribution in [1.29, 1.82) is 0 Å². The van der Waals surface area contributed by atoms with E-state index in [2.05, 4.69) is 51.4 Å². The zero-order valence-corrected chi connectivity index (χ0v) is 18.9. The number of aryl methyl sites for hydroxylation is 5. The Balaban J connectivity index is 1.30. The summed E-state index contributed by atoms with van der Waals surface area (Å²) < 4.78 is 5.30. The molecule has 0 aliphatic carbocycles. The molecule has 0 radical (unpaired) electrons. The lowest BCUT2D eigenvalue weighted by Gasteiger charge is -2.08. The summed E-state index contributed by atoms with van der Waals surface area (Å²) in [7, 11) is 0. The van der Waals surface area contributed by atoms with Crippen molar-refractivity contribution in [2.24, 2.45) is 0 Å². The van der Waals surface area contributed by atoms with E-state index < -0.39 is 0 Å². The molecule has 31 heavy (non-hydrogen) atoms. The third-order valence-electron chi connectivity index (χ3n) is 5.16. The first-order valence-electron chi connectivity index (χ1n) is 10.2. The molecule has 2 N–H and O–H groups in total. The maximum atomic E-state index is 12.3. The summed E-state index contributed by atoms with van der Waals surface area (Å²) >= 11 is 1.52. The molecule has 4 rings (SSSR count). The summed E-state index contributed by atoms with van der Waals surface area (Å²) in [6.07, 6.45) is 0.683. The van der Waals surface area contributed by atoms with Gasteiger partial charge in [-0.05, 0) is 68.1 Å². The number of H-pyrrole nitrogens is 1. The number of nitrogens with one attached hydrogen (secondary N) is 2. The van der Waals surface area contributed by atoms with Crippen molar-refractivity contribution in [1.82, 2.24) is 20.1 Å². The van der Waals surface area contributed by atoms with E-state index in [1.807, 2.05) is 32.0 Å². The molecule has 0 fully saturated rings. The third kappa shape index (κ3) is 5.14. The number of aromatic amines is 1. The van der Waals surface area contributed by atoms with E-state index in [0.717, 1.165) is 33.0 Å². The molecule has 2 heterocycles. The Labute approximate surface area is 185 Å². The van der Waals surface area contributed by atoms with Gasteiger partial charge in [0.2, 0.25) is 11.8 Å². The van der Waals surface area contributed by atoms with Gasteiger partial charge in [0.05, 0.1) is 16.8 Å². The molecule has 0 aliphatic heterocycles. The first-order valence-corrected chi connectivity index (χ1v) is 11.1. The largest absolute Gasteiger partial charge is 0.339 e. The molecule has 0 aliphatic rings. The molecule has 2 aromatic heterocycles.